The van der Waals surface area contributed by atoms with E-state index in [2.05, 4.69) is 22.7 Å². The molecule has 0 aliphatic carbocycles. The molecule has 0 saturated heterocycles. The third-order valence-corrected chi connectivity index (χ3v) is 1.98. The average molecular weight is 241 g/mol. The molecule has 0 saturated carbocycles. The molecular weight excluding hydrogens is 230 g/mol. The van der Waals surface area contributed by atoms with Crippen molar-refractivity contribution in [2.24, 2.45) is 16.8 Å². The van der Waals surface area contributed by atoms with Crippen LogP contribution in [-0.4, -0.2) is 22.6 Å². The topological polar surface area (TPSA) is 93.8 Å². The van der Waals surface area contributed by atoms with Crippen LogP contribution < -0.4 is 11.2 Å². The van der Waals surface area contributed by atoms with Crippen LogP contribution in [0.2, 0.25) is 0 Å². The molecule has 1 rings (SSSR count). The lowest BCUT2D eigenvalue weighted by Gasteiger charge is -2.17. The van der Waals surface area contributed by atoms with Crippen LogP contribution in [0.3, 0.4) is 0 Å². The molecule has 86 valence electrons. The zero-order valence-corrected chi connectivity index (χ0v) is 9.63. The van der Waals surface area contributed by atoms with Crippen molar-refractivity contribution in [1.82, 2.24) is 5.43 Å². The molecule has 6 nitrogen and oxygen atoms in total. The van der Waals surface area contributed by atoms with Gasteiger partial charge in [0.1, 0.15) is 5.76 Å². The van der Waals surface area contributed by atoms with Crippen LogP contribution in [0.1, 0.15) is 13.8 Å². The number of nitrogens with zero attached hydrogens (tertiary/aromatic N) is 1. The van der Waals surface area contributed by atoms with E-state index in [1.165, 1.54) is 19.9 Å². The third kappa shape index (κ3) is 2.86. The summed E-state index contributed by atoms with van der Waals surface area (Å²) in [7, 11) is 0. The molecule has 1 unspecified atom stereocenters. The number of hydrogen-bond acceptors (Lipinski definition) is 5. The molecule has 3 N–H and O–H groups in total. The second-order valence-electron chi connectivity index (χ2n) is 3.24. The Kier molecular flexibility index (Phi) is 3.73. The van der Waals surface area contributed by atoms with E-state index in [0.29, 0.717) is 0 Å². The normalized spacial score (nSPS) is 21.2. The highest BCUT2D eigenvalue weighted by Gasteiger charge is 2.33. The molecule has 0 spiro atoms. The maximum Gasteiger partial charge on any atom is 0.327 e. The zero-order valence-electron chi connectivity index (χ0n) is 8.81. The van der Waals surface area contributed by atoms with Gasteiger partial charge in [-0.15, -0.1) is 0 Å². The Morgan fingerprint density at radius 1 is 1.62 bits per heavy atom. The predicted octanol–water partition coefficient (Wildman–Crippen LogP) is -0.159. The first-order valence-corrected chi connectivity index (χ1v) is 4.86. The number of rotatable bonds is 2. The lowest BCUT2D eigenvalue weighted by Crippen LogP contribution is -2.36. The minimum Gasteiger partial charge on any atom is -0.430 e. The van der Waals surface area contributed by atoms with Gasteiger partial charge in [-0.25, -0.2) is 0 Å². The van der Waals surface area contributed by atoms with Gasteiger partial charge in [0, 0.05) is 6.08 Å². The van der Waals surface area contributed by atoms with Gasteiger partial charge in [0.25, 0.3) is 0 Å². The lowest BCUT2D eigenvalue weighted by molar-refractivity contribution is -0.146. The van der Waals surface area contributed by atoms with E-state index in [4.69, 9.17) is 10.5 Å². The van der Waals surface area contributed by atoms with E-state index in [-0.39, 0.29) is 22.4 Å². The number of cyclic esters (lactones) is 1. The van der Waals surface area contributed by atoms with Crippen LogP contribution in [0, 0.1) is 5.92 Å². The summed E-state index contributed by atoms with van der Waals surface area (Å²) in [5.74, 6) is -1.75. The summed E-state index contributed by atoms with van der Waals surface area (Å²) in [5.41, 5.74) is 7.73. The van der Waals surface area contributed by atoms with E-state index >= 15 is 0 Å². The Labute approximate surface area is 97.5 Å². The van der Waals surface area contributed by atoms with Gasteiger partial charge in [-0.05, 0) is 26.1 Å². The van der Waals surface area contributed by atoms with Gasteiger partial charge in [-0.3, -0.25) is 15.0 Å². The maximum atomic E-state index is 11.6. The summed E-state index contributed by atoms with van der Waals surface area (Å²) in [6.07, 6.45) is 1.26. The fraction of sp³-hybridized carbons (Fsp3) is 0.333. The Morgan fingerprint density at radius 2 is 2.25 bits per heavy atom. The number of nitrogens with one attached hydrogen (secondary N) is 1. The smallest absolute Gasteiger partial charge is 0.327 e. The number of hydrogen-bond donors (Lipinski definition) is 2. The molecule has 1 aliphatic heterocycles. The summed E-state index contributed by atoms with van der Waals surface area (Å²) in [5, 5.41) is 3.68. The molecule has 1 atom stereocenters. The van der Waals surface area contributed by atoms with Crippen molar-refractivity contribution in [3.8, 4) is 0 Å². The minimum atomic E-state index is -1.02. The summed E-state index contributed by atoms with van der Waals surface area (Å²) in [6, 6.07) is 0. The molecule has 0 aromatic carbocycles. The molecule has 1 aliphatic rings. The molecule has 0 aromatic heterocycles. The Morgan fingerprint density at radius 3 is 2.75 bits per heavy atom. The van der Waals surface area contributed by atoms with Crippen molar-refractivity contribution >= 4 is 34.8 Å². The summed E-state index contributed by atoms with van der Waals surface area (Å²) >= 11 is 4.54. The summed E-state index contributed by atoms with van der Waals surface area (Å²) in [6.45, 7) is 3.05. The Bertz CT molecular complexity index is 414. The molecular formula is C9H11N3O3S. The highest BCUT2D eigenvalue weighted by molar-refractivity contribution is 7.80. The summed E-state index contributed by atoms with van der Waals surface area (Å²) < 4.78 is 4.83. The standard InChI is InChI=1S/C9H11N3O3S/c1-4-3-6(13)7(8(14)15-4)5(2)11-12-9(10)16/h3,7H,1-2H3,(H3,10,12,16)/b11-5+. The van der Waals surface area contributed by atoms with E-state index in [1.54, 1.807) is 0 Å². The molecule has 0 amide bonds. The highest BCUT2D eigenvalue weighted by atomic mass is 32.1. The van der Waals surface area contributed by atoms with E-state index in [1.807, 2.05) is 0 Å². The number of carbonyl (C=O) groups excluding carboxylic acids is 2. The first-order chi connectivity index (χ1) is 7.41. The van der Waals surface area contributed by atoms with Gasteiger partial charge in [0.15, 0.2) is 16.8 Å². The Balaban J connectivity index is 2.88. The van der Waals surface area contributed by atoms with E-state index in [9.17, 15) is 9.59 Å². The second kappa shape index (κ2) is 4.84. The molecule has 0 radical (unpaired) electrons. The van der Waals surface area contributed by atoms with Gasteiger partial charge in [0.05, 0.1) is 5.71 Å². The fourth-order valence-corrected chi connectivity index (χ4v) is 1.28. The molecule has 16 heavy (non-hydrogen) atoms. The predicted molar refractivity (Wildman–Crippen MR) is 61.4 cm³/mol. The second-order valence-corrected chi connectivity index (χ2v) is 3.68. The quantitative estimate of drug-likeness (QED) is 0.229. The van der Waals surface area contributed by atoms with Crippen molar-refractivity contribution in [2.45, 2.75) is 13.8 Å². The minimum absolute atomic E-state index is 0.0392. The van der Waals surface area contributed by atoms with Crippen molar-refractivity contribution in [3.63, 3.8) is 0 Å². The van der Waals surface area contributed by atoms with Crippen molar-refractivity contribution in [3.05, 3.63) is 11.8 Å². The monoisotopic (exact) mass is 241 g/mol. The van der Waals surface area contributed by atoms with Crippen LogP contribution in [0.4, 0.5) is 0 Å². The number of allylic oxidation sites excluding steroid dienone is 2. The van der Waals surface area contributed by atoms with Crippen molar-refractivity contribution in [1.29, 1.82) is 0 Å². The van der Waals surface area contributed by atoms with Crippen molar-refractivity contribution < 1.29 is 14.3 Å². The Hall–Kier alpha value is -1.76. The molecule has 1 heterocycles. The van der Waals surface area contributed by atoms with Gasteiger partial charge in [-0.1, -0.05) is 0 Å². The first kappa shape index (κ1) is 12.3. The number of hydrazone groups is 1. The molecule has 0 fully saturated rings. The molecule has 0 aromatic rings. The number of nitrogens with two attached hydrogens (primary N) is 1. The first-order valence-electron chi connectivity index (χ1n) is 4.45. The van der Waals surface area contributed by atoms with Gasteiger partial charge < -0.3 is 10.5 Å². The number of thiocarbonyl (C=S) groups is 1. The fourth-order valence-electron chi connectivity index (χ4n) is 1.23. The van der Waals surface area contributed by atoms with Crippen LogP contribution in [-0.2, 0) is 14.3 Å². The van der Waals surface area contributed by atoms with E-state index in [0.717, 1.165) is 0 Å². The van der Waals surface area contributed by atoms with Crippen LogP contribution >= 0.6 is 12.2 Å². The average Bonchev–Trinajstić information content (AvgIpc) is 2.12. The number of esters is 1. The van der Waals surface area contributed by atoms with E-state index < -0.39 is 11.9 Å². The SMILES string of the molecule is CC1=CC(=O)C(/C(C)=N/NC(N)=S)C(=O)O1. The zero-order chi connectivity index (χ0) is 12.3. The van der Waals surface area contributed by atoms with Gasteiger partial charge in [0.2, 0.25) is 0 Å². The molecule has 7 heteroatoms. The van der Waals surface area contributed by atoms with Gasteiger partial charge in [-0.2, -0.15) is 5.10 Å². The summed E-state index contributed by atoms with van der Waals surface area (Å²) in [4.78, 5) is 23.0. The number of ketones is 1. The van der Waals surface area contributed by atoms with Crippen molar-refractivity contribution in [2.75, 3.05) is 0 Å². The largest absolute Gasteiger partial charge is 0.430 e. The van der Waals surface area contributed by atoms with Gasteiger partial charge >= 0.3 is 5.97 Å². The lowest BCUT2D eigenvalue weighted by atomic mass is 9.97. The molecule has 0 bridgehead atoms. The number of carbonyl (C=O) groups is 2. The third-order valence-electron chi connectivity index (χ3n) is 1.89. The highest BCUT2D eigenvalue weighted by Crippen LogP contribution is 2.15. The van der Waals surface area contributed by atoms with Crippen LogP contribution in [0.25, 0.3) is 0 Å². The maximum absolute atomic E-state index is 11.6. The van der Waals surface area contributed by atoms with Crippen LogP contribution in [0.5, 0.6) is 0 Å². The number of ether oxygens (including phenoxy) is 1. The van der Waals surface area contributed by atoms with Crippen LogP contribution in [0.15, 0.2) is 16.9 Å².